The molecule has 0 unspecified atom stereocenters. The number of methoxy groups -OCH3 is 1. The number of hydrogen-bond acceptors (Lipinski definition) is 3. The molecule has 0 spiro atoms. The zero-order valence-corrected chi connectivity index (χ0v) is 10.4. The summed E-state index contributed by atoms with van der Waals surface area (Å²) in [5.41, 5.74) is 0.865. The molecule has 0 bridgehead atoms. The van der Waals surface area contributed by atoms with Crippen molar-refractivity contribution in [3.05, 3.63) is 28.2 Å². The molecular weight excluding hydrogens is 314 g/mol. The molecule has 0 radical (unpaired) electrons. The molecule has 1 heterocycles. The van der Waals surface area contributed by atoms with Crippen LogP contribution in [-0.4, -0.2) is 17.1 Å². The van der Waals surface area contributed by atoms with E-state index in [0.29, 0.717) is 0 Å². The van der Waals surface area contributed by atoms with Crippen LogP contribution in [0.15, 0.2) is 24.4 Å². The van der Waals surface area contributed by atoms with Gasteiger partial charge < -0.3 is 4.74 Å². The summed E-state index contributed by atoms with van der Waals surface area (Å²) in [6.45, 7) is 0. The van der Waals surface area contributed by atoms with Crippen LogP contribution in [0.4, 0.5) is 0 Å². The summed E-state index contributed by atoms with van der Waals surface area (Å²) in [7, 11) is 1.64. The summed E-state index contributed by atoms with van der Waals surface area (Å²) >= 11 is 2.08. The molecule has 1 aromatic heterocycles. The van der Waals surface area contributed by atoms with Crippen LogP contribution in [0.3, 0.4) is 0 Å². The molecule has 0 aliphatic carbocycles. The quantitative estimate of drug-likeness (QED) is 0.598. The Morgan fingerprint density at radius 2 is 2.14 bits per heavy atom. The third-order valence-corrected chi connectivity index (χ3v) is 2.28. The lowest BCUT2D eigenvalue weighted by molar-refractivity contribution is 0.419. The number of nitrogens with zero attached hydrogens (tertiary/aromatic N) is 2. The lowest BCUT2D eigenvalue weighted by atomic mass is 10.2. The molecule has 0 saturated heterocycles. The normalized spacial score (nSPS) is 9.57. The van der Waals surface area contributed by atoms with Crippen LogP contribution >= 0.6 is 35.0 Å². The van der Waals surface area contributed by atoms with Gasteiger partial charge in [-0.2, -0.15) is 0 Å². The Balaban J connectivity index is 0.000000980. The van der Waals surface area contributed by atoms with Gasteiger partial charge in [0, 0.05) is 34.2 Å². The number of hydrogen-bond donors (Lipinski definition) is 0. The Morgan fingerprint density at radius 3 is 2.86 bits per heavy atom. The second-order valence-electron chi connectivity index (χ2n) is 2.54. The van der Waals surface area contributed by atoms with Gasteiger partial charge in [0.15, 0.2) is 3.83 Å². The van der Waals surface area contributed by atoms with E-state index in [-0.39, 0.29) is 12.4 Å². The third kappa shape index (κ3) is 2.06. The Morgan fingerprint density at radius 1 is 1.36 bits per heavy atom. The molecule has 2 aromatic rings. The van der Waals surface area contributed by atoms with Gasteiger partial charge in [0.2, 0.25) is 0 Å². The maximum atomic E-state index is 5.19. The average Bonchev–Trinajstić information content (AvgIpc) is 2.17. The van der Waals surface area contributed by atoms with Gasteiger partial charge in [0.05, 0.1) is 7.11 Å². The molecule has 14 heavy (non-hydrogen) atoms. The Kier molecular flexibility index (Phi) is 3.88. The molecule has 0 aliphatic rings. The first kappa shape index (κ1) is 11.5. The monoisotopic (exact) mass is 322 g/mol. The summed E-state index contributed by atoms with van der Waals surface area (Å²) in [6.07, 6.45) is 1.80. The van der Waals surface area contributed by atoms with Crippen molar-refractivity contribution in [2.45, 2.75) is 0 Å². The van der Waals surface area contributed by atoms with Gasteiger partial charge >= 0.3 is 0 Å². The molecule has 5 heteroatoms. The van der Waals surface area contributed by atoms with Crippen molar-refractivity contribution in [1.82, 2.24) is 9.97 Å². The predicted octanol–water partition coefficient (Wildman–Crippen LogP) is 2.66. The molecule has 1 aromatic carbocycles. The molecule has 0 saturated carbocycles. The van der Waals surface area contributed by atoms with E-state index in [1.165, 1.54) is 0 Å². The summed E-state index contributed by atoms with van der Waals surface area (Å²) in [6, 6.07) is 5.79. The molecule has 0 atom stereocenters. The fourth-order valence-electron chi connectivity index (χ4n) is 1.17. The van der Waals surface area contributed by atoms with Crippen LogP contribution in [0.25, 0.3) is 10.9 Å². The van der Waals surface area contributed by atoms with Gasteiger partial charge in [0.1, 0.15) is 11.3 Å². The minimum absolute atomic E-state index is 0. The second-order valence-corrected chi connectivity index (χ2v) is 3.50. The lowest BCUT2D eigenvalue weighted by Gasteiger charge is -2.03. The summed E-state index contributed by atoms with van der Waals surface area (Å²) in [5.74, 6) is 0.790. The van der Waals surface area contributed by atoms with Crippen molar-refractivity contribution >= 4 is 45.9 Å². The fraction of sp³-hybridized carbons (Fsp3) is 0.111. The number of fused-ring (bicyclic) bond motifs is 1. The Labute approximate surface area is 101 Å². The first-order chi connectivity index (χ1) is 6.31. The fourth-order valence-corrected chi connectivity index (χ4v) is 1.55. The summed E-state index contributed by atoms with van der Waals surface area (Å²) in [5, 5.41) is 1.000. The number of aromatic nitrogens is 2. The van der Waals surface area contributed by atoms with Gasteiger partial charge in [-0.05, 0) is 6.07 Å². The number of benzene rings is 1. The van der Waals surface area contributed by atoms with Crippen LogP contribution in [-0.2, 0) is 0 Å². The topological polar surface area (TPSA) is 35.0 Å². The van der Waals surface area contributed by atoms with Gasteiger partial charge in [-0.1, -0.05) is 12.1 Å². The maximum Gasteiger partial charge on any atom is 0.191 e. The highest BCUT2D eigenvalue weighted by Crippen LogP contribution is 2.22. The van der Waals surface area contributed by atoms with E-state index in [1.807, 2.05) is 18.2 Å². The van der Waals surface area contributed by atoms with E-state index in [4.69, 9.17) is 4.74 Å². The number of rotatable bonds is 1. The molecule has 0 fully saturated rings. The van der Waals surface area contributed by atoms with Crippen molar-refractivity contribution in [3.8, 4) is 5.75 Å². The second kappa shape index (κ2) is 4.75. The molecular formula is C9H8ClIN2O. The standard InChI is InChI=1S/C9H7IN2O.ClH/c1-13-7-4-2-3-6-5-11-9(10)12-8(6)7;/h2-5H,1H3;1H. The van der Waals surface area contributed by atoms with E-state index in [2.05, 4.69) is 32.6 Å². The molecule has 74 valence electrons. The van der Waals surface area contributed by atoms with Crippen molar-refractivity contribution in [3.63, 3.8) is 0 Å². The Hall–Kier alpha value is -0.620. The number of halogens is 2. The molecule has 0 aliphatic heterocycles. The van der Waals surface area contributed by atoms with E-state index in [0.717, 1.165) is 20.5 Å². The van der Waals surface area contributed by atoms with Gasteiger partial charge in [-0.25, -0.2) is 9.97 Å². The predicted molar refractivity (Wildman–Crippen MR) is 66.1 cm³/mol. The van der Waals surface area contributed by atoms with Crippen LogP contribution < -0.4 is 4.74 Å². The van der Waals surface area contributed by atoms with Crippen molar-refractivity contribution in [2.75, 3.05) is 7.11 Å². The highest BCUT2D eigenvalue weighted by molar-refractivity contribution is 14.1. The average molecular weight is 323 g/mol. The molecule has 2 rings (SSSR count). The summed E-state index contributed by atoms with van der Waals surface area (Å²) < 4.78 is 5.92. The SMILES string of the molecule is COc1cccc2cnc(I)nc12.Cl. The first-order valence-corrected chi connectivity index (χ1v) is 4.84. The van der Waals surface area contributed by atoms with E-state index in [1.54, 1.807) is 13.3 Å². The zero-order valence-electron chi connectivity index (χ0n) is 7.40. The van der Waals surface area contributed by atoms with Crippen LogP contribution in [0.5, 0.6) is 5.75 Å². The third-order valence-electron chi connectivity index (χ3n) is 1.76. The van der Waals surface area contributed by atoms with Crippen molar-refractivity contribution in [1.29, 1.82) is 0 Å². The van der Waals surface area contributed by atoms with E-state index < -0.39 is 0 Å². The van der Waals surface area contributed by atoms with Crippen LogP contribution in [0.2, 0.25) is 0 Å². The maximum absolute atomic E-state index is 5.19. The van der Waals surface area contributed by atoms with E-state index >= 15 is 0 Å². The van der Waals surface area contributed by atoms with Gasteiger partial charge in [-0.15, -0.1) is 12.4 Å². The van der Waals surface area contributed by atoms with Gasteiger partial charge in [0.25, 0.3) is 0 Å². The smallest absolute Gasteiger partial charge is 0.191 e. The minimum atomic E-state index is 0. The molecule has 3 nitrogen and oxygen atoms in total. The Bertz CT molecular complexity index is 450. The molecule has 0 N–H and O–H groups in total. The lowest BCUT2D eigenvalue weighted by Crippen LogP contribution is -1.91. The molecule has 0 amide bonds. The summed E-state index contributed by atoms with van der Waals surface area (Å²) in [4.78, 5) is 8.40. The largest absolute Gasteiger partial charge is 0.494 e. The zero-order chi connectivity index (χ0) is 9.26. The first-order valence-electron chi connectivity index (χ1n) is 3.76. The van der Waals surface area contributed by atoms with Crippen molar-refractivity contribution < 1.29 is 4.74 Å². The van der Waals surface area contributed by atoms with Crippen LogP contribution in [0, 0.1) is 3.83 Å². The number of para-hydroxylation sites is 1. The van der Waals surface area contributed by atoms with E-state index in [9.17, 15) is 0 Å². The highest BCUT2D eigenvalue weighted by atomic mass is 127. The number of ether oxygens (including phenoxy) is 1. The minimum Gasteiger partial charge on any atom is -0.494 e. The van der Waals surface area contributed by atoms with Crippen LogP contribution in [0.1, 0.15) is 0 Å². The van der Waals surface area contributed by atoms with Gasteiger partial charge in [-0.3, -0.25) is 0 Å². The highest BCUT2D eigenvalue weighted by Gasteiger charge is 2.02. The van der Waals surface area contributed by atoms with Crippen molar-refractivity contribution in [2.24, 2.45) is 0 Å².